The molecule has 0 aromatic carbocycles. The minimum Gasteiger partial charge on any atom is -0.308 e. The van der Waals surface area contributed by atoms with Crippen LogP contribution < -0.4 is 5.32 Å². The Hall–Kier alpha value is -0.290. The highest BCUT2D eigenvalue weighted by Gasteiger charge is 2.47. The summed E-state index contributed by atoms with van der Waals surface area (Å²) in [5.41, 5.74) is 0.163. The number of nitrogens with one attached hydrogen (secondary N) is 1. The molecule has 0 bridgehead atoms. The van der Waals surface area contributed by atoms with Gasteiger partial charge in [0.25, 0.3) is 0 Å². The van der Waals surface area contributed by atoms with Crippen molar-refractivity contribution in [3.63, 3.8) is 0 Å². The minimum absolute atomic E-state index is 0.0795. The first kappa shape index (κ1) is 17.1. The largest absolute Gasteiger partial charge is 0.389 e. The first-order valence-corrected chi connectivity index (χ1v) is 8.07. The van der Waals surface area contributed by atoms with Gasteiger partial charge in [0.1, 0.15) is 0 Å². The van der Waals surface area contributed by atoms with Crippen molar-refractivity contribution >= 4 is 0 Å². The van der Waals surface area contributed by atoms with Gasteiger partial charge in [-0.3, -0.25) is 4.90 Å². The van der Waals surface area contributed by atoms with Crippen LogP contribution in [0, 0.1) is 11.3 Å². The fourth-order valence-electron chi connectivity index (χ4n) is 3.61. The second-order valence-corrected chi connectivity index (χ2v) is 8.14. The Kier molecular flexibility index (Phi) is 4.66. The van der Waals surface area contributed by atoms with Crippen LogP contribution in [0.5, 0.6) is 0 Å². The smallest absolute Gasteiger partial charge is 0.308 e. The second-order valence-electron chi connectivity index (χ2n) is 8.14. The molecular weight excluding hydrogens is 277 g/mol. The van der Waals surface area contributed by atoms with Gasteiger partial charge in [-0.15, -0.1) is 0 Å². The lowest BCUT2D eigenvalue weighted by atomic mass is 9.80. The van der Waals surface area contributed by atoms with E-state index in [4.69, 9.17) is 0 Å². The normalized spacial score (nSPS) is 32.4. The molecular formula is C16H29F3N2. The van der Waals surface area contributed by atoms with Crippen LogP contribution in [-0.2, 0) is 0 Å². The predicted molar refractivity (Wildman–Crippen MR) is 79.2 cm³/mol. The molecule has 2 fully saturated rings. The van der Waals surface area contributed by atoms with Gasteiger partial charge < -0.3 is 5.32 Å². The number of halogens is 3. The Morgan fingerprint density at radius 1 is 1.19 bits per heavy atom. The fourth-order valence-corrected chi connectivity index (χ4v) is 3.61. The first-order chi connectivity index (χ1) is 9.51. The van der Waals surface area contributed by atoms with E-state index in [9.17, 15) is 13.2 Å². The maximum absolute atomic E-state index is 12.4. The Morgan fingerprint density at radius 3 is 2.29 bits per heavy atom. The van der Waals surface area contributed by atoms with Gasteiger partial charge in [0, 0.05) is 31.1 Å². The van der Waals surface area contributed by atoms with E-state index in [-0.39, 0.29) is 17.4 Å². The molecule has 2 nitrogen and oxygen atoms in total. The summed E-state index contributed by atoms with van der Waals surface area (Å²) in [6, 6.07) is 0.303. The lowest BCUT2D eigenvalue weighted by molar-refractivity contribution is -0.137. The highest BCUT2D eigenvalue weighted by atomic mass is 19.4. The van der Waals surface area contributed by atoms with E-state index in [0.717, 1.165) is 13.1 Å². The van der Waals surface area contributed by atoms with Crippen LogP contribution in [0.4, 0.5) is 13.2 Å². The van der Waals surface area contributed by atoms with Gasteiger partial charge in [-0.05, 0) is 44.1 Å². The Balaban J connectivity index is 1.99. The standard InChI is InChI=1S/C16H29F3N2/c1-14(2,3)13-10-20-15(4,12-6-7-12)11-21(13)9-5-8-16(17,18)19/h12-13,20H,5-11H2,1-4H3. The molecule has 1 N–H and O–H groups in total. The molecule has 1 saturated carbocycles. The van der Waals surface area contributed by atoms with Gasteiger partial charge in [-0.2, -0.15) is 13.2 Å². The molecule has 2 aliphatic rings. The third-order valence-corrected chi connectivity index (χ3v) is 5.06. The van der Waals surface area contributed by atoms with Crippen LogP contribution in [-0.4, -0.2) is 42.3 Å². The van der Waals surface area contributed by atoms with Crippen LogP contribution in [0.2, 0.25) is 0 Å². The third kappa shape index (κ3) is 4.59. The van der Waals surface area contributed by atoms with E-state index in [0.29, 0.717) is 18.5 Å². The molecule has 0 radical (unpaired) electrons. The Morgan fingerprint density at radius 2 is 1.81 bits per heavy atom. The van der Waals surface area contributed by atoms with Gasteiger partial charge in [0.15, 0.2) is 0 Å². The molecule has 0 aromatic heterocycles. The van der Waals surface area contributed by atoms with E-state index < -0.39 is 12.6 Å². The SMILES string of the molecule is CC(C)(C)C1CNC(C)(C2CC2)CN1CCCC(F)(F)F. The number of piperazine rings is 1. The zero-order valence-corrected chi connectivity index (χ0v) is 13.7. The van der Waals surface area contributed by atoms with Crippen LogP contribution in [0.3, 0.4) is 0 Å². The van der Waals surface area contributed by atoms with E-state index in [2.05, 4.69) is 37.9 Å². The lowest BCUT2D eigenvalue weighted by Gasteiger charge is -2.51. The van der Waals surface area contributed by atoms with Gasteiger partial charge in [0.05, 0.1) is 0 Å². The summed E-state index contributed by atoms with van der Waals surface area (Å²) < 4.78 is 37.2. The zero-order valence-electron chi connectivity index (χ0n) is 13.7. The van der Waals surface area contributed by atoms with E-state index in [1.165, 1.54) is 12.8 Å². The van der Waals surface area contributed by atoms with Crippen LogP contribution in [0.25, 0.3) is 0 Å². The summed E-state index contributed by atoms with van der Waals surface area (Å²) in [6.07, 6.45) is -2.00. The van der Waals surface area contributed by atoms with Crippen LogP contribution >= 0.6 is 0 Å². The Labute approximate surface area is 126 Å². The van der Waals surface area contributed by atoms with Crippen molar-refractivity contribution in [1.29, 1.82) is 0 Å². The van der Waals surface area contributed by atoms with E-state index in [1.807, 2.05) is 0 Å². The molecule has 1 aliphatic heterocycles. The second kappa shape index (κ2) is 5.73. The quantitative estimate of drug-likeness (QED) is 0.849. The summed E-state index contributed by atoms with van der Waals surface area (Å²) in [5, 5.41) is 3.69. The number of nitrogens with zero attached hydrogens (tertiary/aromatic N) is 1. The van der Waals surface area contributed by atoms with Gasteiger partial charge in [-0.1, -0.05) is 20.8 Å². The topological polar surface area (TPSA) is 15.3 Å². The molecule has 5 heteroatoms. The molecule has 0 aromatic rings. The van der Waals surface area contributed by atoms with Crippen molar-refractivity contribution < 1.29 is 13.2 Å². The van der Waals surface area contributed by atoms with Crippen LogP contribution in [0.1, 0.15) is 53.4 Å². The molecule has 0 spiro atoms. The molecule has 21 heavy (non-hydrogen) atoms. The lowest BCUT2D eigenvalue weighted by Crippen LogP contribution is -2.66. The van der Waals surface area contributed by atoms with Crippen molar-refractivity contribution in [3.8, 4) is 0 Å². The van der Waals surface area contributed by atoms with Crippen molar-refractivity contribution in [2.45, 2.75) is 71.1 Å². The highest BCUT2D eigenvalue weighted by Crippen LogP contribution is 2.42. The first-order valence-electron chi connectivity index (χ1n) is 8.07. The van der Waals surface area contributed by atoms with Gasteiger partial charge in [-0.25, -0.2) is 0 Å². The number of rotatable bonds is 4. The minimum atomic E-state index is -4.04. The van der Waals surface area contributed by atoms with Gasteiger partial charge >= 0.3 is 6.18 Å². The molecule has 0 amide bonds. The summed E-state index contributed by atoms with van der Waals surface area (Å²) in [4.78, 5) is 2.31. The third-order valence-electron chi connectivity index (χ3n) is 5.06. The molecule has 2 rings (SSSR count). The molecule has 1 heterocycles. The summed E-state index contributed by atoms with van der Waals surface area (Å²) in [7, 11) is 0. The highest BCUT2D eigenvalue weighted by molar-refractivity contribution is 5.05. The predicted octanol–water partition coefficient (Wildman–Crippen LogP) is 3.82. The maximum atomic E-state index is 12.4. The molecule has 1 saturated heterocycles. The van der Waals surface area contributed by atoms with E-state index in [1.54, 1.807) is 0 Å². The average molecular weight is 306 g/mol. The molecule has 124 valence electrons. The monoisotopic (exact) mass is 306 g/mol. The van der Waals surface area contributed by atoms with E-state index >= 15 is 0 Å². The number of hydrogen-bond donors (Lipinski definition) is 1. The summed E-state index contributed by atoms with van der Waals surface area (Å²) >= 11 is 0. The molecule has 1 aliphatic carbocycles. The van der Waals surface area contributed by atoms with Crippen molar-refractivity contribution in [3.05, 3.63) is 0 Å². The summed E-state index contributed by atoms with van der Waals surface area (Å²) in [6.45, 7) is 11.1. The summed E-state index contributed by atoms with van der Waals surface area (Å²) in [5.74, 6) is 0.698. The van der Waals surface area contributed by atoms with Crippen molar-refractivity contribution in [1.82, 2.24) is 10.2 Å². The number of alkyl halides is 3. The van der Waals surface area contributed by atoms with Crippen molar-refractivity contribution in [2.24, 2.45) is 11.3 Å². The maximum Gasteiger partial charge on any atom is 0.389 e. The number of hydrogen-bond acceptors (Lipinski definition) is 2. The fraction of sp³-hybridized carbons (Fsp3) is 1.00. The Bertz CT molecular complexity index is 358. The zero-order chi connectivity index (χ0) is 15.9. The molecule has 2 atom stereocenters. The van der Waals surface area contributed by atoms with Crippen molar-refractivity contribution in [2.75, 3.05) is 19.6 Å². The molecule has 2 unspecified atom stereocenters. The average Bonchev–Trinajstić information content (AvgIpc) is 3.09. The van der Waals surface area contributed by atoms with Gasteiger partial charge in [0.2, 0.25) is 0 Å². The van der Waals surface area contributed by atoms with Crippen LogP contribution in [0.15, 0.2) is 0 Å².